The molecule has 0 aromatic heterocycles. The first kappa shape index (κ1) is 14.7. The Morgan fingerprint density at radius 3 is 2.61 bits per heavy atom. The van der Waals surface area contributed by atoms with Gasteiger partial charge in [-0.05, 0) is 32.0 Å². The van der Waals surface area contributed by atoms with Gasteiger partial charge in [0.1, 0.15) is 0 Å². The van der Waals surface area contributed by atoms with Crippen LogP contribution in [-0.4, -0.2) is 25.6 Å². The van der Waals surface area contributed by atoms with Gasteiger partial charge in [-0.25, -0.2) is 0 Å². The molecule has 1 aromatic carbocycles. The van der Waals surface area contributed by atoms with E-state index in [0.717, 1.165) is 11.1 Å². The summed E-state index contributed by atoms with van der Waals surface area (Å²) >= 11 is 0. The van der Waals surface area contributed by atoms with Gasteiger partial charge in [0.25, 0.3) is 0 Å². The van der Waals surface area contributed by atoms with E-state index < -0.39 is 5.54 Å². The van der Waals surface area contributed by atoms with Crippen molar-refractivity contribution in [3.63, 3.8) is 0 Å². The van der Waals surface area contributed by atoms with Gasteiger partial charge in [0, 0.05) is 13.7 Å². The Labute approximate surface area is 109 Å². The lowest BCUT2D eigenvalue weighted by Gasteiger charge is -2.22. The van der Waals surface area contributed by atoms with Crippen molar-refractivity contribution in [1.29, 1.82) is 0 Å². The number of carbonyl (C=O) groups is 1. The van der Waals surface area contributed by atoms with Crippen molar-refractivity contribution in [3.05, 3.63) is 35.4 Å². The third kappa shape index (κ3) is 4.13. The van der Waals surface area contributed by atoms with Crippen LogP contribution in [0.4, 0.5) is 0 Å². The van der Waals surface area contributed by atoms with Crippen LogP contribution in [-0.2, 0) is 22.7 Å². The van der Waals surface area contributed by atoms with Gasteiger partial charge in [-0.2, -0.15) is 0 Å². The first-order valence-electron chi connectivity index (χ1n) is 6.03. The summed E-state index contributed by atoms with van der Waals surface area (Å²) in [6.07, 6.45) is 0. The predicted octanol–water partition coefficient (Wildman–Crippen LogP) is 1.45. The molecule has 100 valence electrons. The highest BCUT2D eigenvalue weighted by Crippen LogP contribution is 2.07. The van der Waals surface area contributed by atoms with Crippen LogP contribution in [0.5, 0.6) is 0 Å². The van der Waals surface area contributed by atoms with Gasteiger partial charge in [0.05, 0.1) is 12.1 Å². The fourth-order valence-corrected chi connectivity index (χ4v) is 1.51. The number of hydrogen-bond donors (Lipinski definition) is 2. The van der Waals surface area contributed by atoms with Crippen LogP contribution in [0.2, 0.25) is 0 Å². The number of carbonyl (C=O) groups excluding carboxylic acids is 1. The zero-order valence-corrected chi connectivity index (χ0v) is 11.5. The lowest BCUT2D eigenvalue weighted by atomic mass is 10.0. The molecule has 0 aliphatic heterocycles. The number of ether oxygens (including phenoxy) is 1. The van der Waals surface area contributed by atoms with Gasteiger partial charge in [0.15, 0.2) is 0 Å². The normalized spacial score (nSPS) is 11.3. The van der Waals surface area contributed by atoms with Crippen molar-refractivity contribution < 1.29 is 9.53 Å². The number of nitrogens with one attached hydrogen (secondary N) is 2. The molecule has 18 heavy (non-hydrogen) atoms. The zero-order valence-electron chi connectivity index (χ0n) is 11.5. The molecule has 0 heterocycles. The molecule has 0 saturated carbocycles. The Hall–Kier alpha value is -1.39. The largest absolute Gasteiger partial charge is 0.380 e. The molecule has 2 N–H and O–H groups in total. The molecule has 4 heteroatoms. The van der Waals surface area contributed by atoms with Crippen molar-refractivity contribution in [2.24, 2.45) is 0 Å². The van der Waals surface area contributed by atoms with Crippen molar-refractivity contribution in [1.82, 2.24) is 10.6 Å². The van der Waals surface area contributed by atoms with Crippen LogP contribution < -0.4 is 10.6 Å². The van der Waals surface area contributed by atoms with E-state index in [1.807, 2.05) is 38.1 Å². The zero-order chi connectivity index (χ0) is 13.6. The molecule has 0 unspecified atom stereocenters. The van der Waals surface area contributed by atoms with Gasteiger partial charge in [0.2, 0.25) is 5.91 Å². The van der Waals surface area contributed by atoms with Gasteiger partial charge in [-0.15, -0.1) is 0 Å². The Morgan fingerprint density at radius 1 is 1.33 bits per heavy atom. The minimum Gasteiger partial charge on any atom is -0.380 e. The van der Waals surface area contributed by atoms with E-state index in [2.05, 4.69) is 10.6 Å². The monoisotopic (exact) mass is 250 g/mol. The van der Waals surface area contributed by atoms with Gasteiger partial charge >= 0.3 is 0 Å². The molecule has 1 rings (SSSR count). The average Bonchev–Trinajstić information content (AvgIpc) is 2.36. The molecule has 0 spiro atoms. The molecular formula is C14H22N2O2. The third-order valence-corrected chi connectivity index (χ3v) is 2.95. The van der Waals surface area contributed by atoms with Crippen LogP contribution in [0.25, 0.3) is 0 Å². The maximum absolute atomic E-state index is 11.9. The Kier molecular flexibility index (Phi) is 5.31. The van der Waals surface area contributed by atoms with E-state index in [0.29, 0.717) is 13.2 Å². The molecule has 4 nitrogen and oxygen atoms in total. The summed E-state index contributed by atoms with van der Waals surface area (Å²) in [6, 6.07) is 8.01. The molecular weight excluding hydrogens is 228 g/mol. The summed E-state index contributed by atoms with van der Waals surface area (Å²) in [4.78, 5) is 11.9. The SMILES string of the molecule is CNC(C)(C)C(=O)NCc1cccc(COC)c1. The van der Waals surface area contributed by atoms with E-state index in [1.165, 1.54) is 0 Å². The van der Waals surface area contributed by atoms with Crippen molar-refractivity contribution in [3.8, 4) is 0 Å². The van der Waals surface area contributed by atoms with Crippen LogP contribution in [0.3, 0.4) is 0 Å². The molecule has 0 saturated heterocycles. The summed E-state index contributed by atoms with van der Waals surface area (Å²) in [6.45, 7) is 4.82. The molecule has 0 aliphatic carbocycles. The summed E-state index contributed by atoms with van der Waals surface area (Å²) in [5, 5.41) is 5.89. The molecule has 0 aliphatic rings. The van der Waals surface area contributed by atoms with E-state index in [-0.39, 0.29) is 5.91 Å². The van der Waals surface area contributed by atoms with Gasteiger partial charge < -0.3 is 15.4 Å². The second-order valence-corrected chi connectivity index (χ2v) is 4.81. The van der Waals surface area contributed by atoms with Crippen LogP contribution in [0.1, 0.15) is 25.0 Å². The topological polar surface area (TPSA) is 50.4 Å². The summed E-state index contributed by atoms with van der Waals surface area (Å²) in [5.41, 5.74) is 1.63. The Morgan fingerprint density at radius 2 is 2.00 bits per heavy atom. The second kappa shape index (κ2) is 6.52. The van der Waals surface area contributed by atoms with Crippen molar-refractivity contribution in [2.45, 2.75) is 32.5 Å². The Balaban J connectivity index is 2.58. The van der Waals surface area contributed by atoms with E-state index in [9.17, 15) is 4.79 Å². The number of rotatable bonds is 6. The number of hydrogen-bond acceptors (Lipinski definition) is 3. The average molecular weight is 250 g/mol. The lowest BCUT2D eigenvalue weighted by Crippen LogP contribution is -2.50. The third-order valence-electron chi connectivity index (χ3n) is 2.95. The smallest absolute Gasteiger partial charge is 0.239 e. The number of methoxy groups -OCH3 is 1. The minimum absolute atomic E-state index is 0.0119. The molecule has 1 aromatic rings. The van der Waals surface area contributed by atoms with E-state index in [1.54, 1.807) is 14.2 Å². The number of benzene rings is 1. The van der Waals surface area contributed by atoms with Gasteiger partial charge in [-0.3, -0.25) is 4.79 Å². The lowest BCUT2D eigenvalue weighted by molar-refractivity contribution is -0.126. The molecule has 0 bridgehead atoms. The number of likely N-dealkylation sites (N-methyl/N-ethyl adjacent to an activating group) is 1. The fourth-order valence-electron chi connectivity index (χ4n) is 1.51. The molecule has 1 amide bonds. The van der Waals surface area contributed by atoms with Gasteiger partial charge in [-0.1, -0.05) is 24.3 Å². The summed E-state index contributed by atoms with van der Waals surface area (Å²) in [5.74, 6) is -0.0119. The maximum Gasteiger partial charge on any atom is 0.239 e. The van der Waals surface area contributed by atoms with Crippen LogP contribution in [0.15, 0.2) is 24.3 Å². The maximum atomic E-state index is 11.9. The first-order chi connectivity index (χ1) is 8.49. The molecule has 0 fully saturated rings. The molecule has 0 radical (unpaired) electrons. The predicted molar refractivity (Wildman–Crippen MR) is 72.1 cm³/mol. The highest BCUT2D eigenvalue weighted by atomic mass is 16.5. The Bertz CT molecular complexity index is 403. The fraction of sp³-hybridized carbons (Fsp3) is 0.500. The quantitative estimate of drug-likeness (QED) is 0.803. The van der Waals surface area contributed by atoms with E-state index in [4.69, 9.17) is 4.74 Å². The first-order valence-corrected chi connectivity index (χ1v) is 6.03. The highest BCUT2D eigenvalue weighted by Gasteiger charge is 2.24. The standard InChI is InChI=1S/C14H22N2O2/c1-14(2,15-3)13(17)16-9-11-6-5-7-12(8-11)10-18-4/h5-8,15H,9-10H2,1-4H3,(H,16,17). The van der Waals surface area contributed by atoms with Crippen molar-refractivity contribution in [2.75, 3.05) is 14.2 Å². The summed E-state index contributed by atoms with van der Waals surface area (Å²) < 4.78 is 5.08. The van der Waals surface area contributed by atoms with E-state index >= 15 is 0 Å². The van der Waals surface area contributed by atoms with Crippen molar-refractivity contribution >= 4 is 5.91 Å². The second-order valence-electron chi connectivity index (χ2n) is 4.81. The van der Waals surface area contributed by atoms with Crippen LogP contribution in [0, 0.1) is 0 Å². The number of amides is 1. The summed E-state index contributed by atoms with van der Waals surface area (Å²) in [7, 11) is 3.45. The molecule has 0 atom stereocenters. The minimum atomic E-state index is -0.551. The van der Waals surface area contributed by atoms with Crippen LogP contribution >= 0.6 is 0 Å². The highest BCUT2D eigenvalue weighted by molar-refractivity contribution is 5.85.